The fourth-order valence-electron chi connectivity index (χ4n) is 6.62. The molecule has 0 aromatic heterocycles. The first kappa shape index (κ1) is 22.2. The van der Waals surface area contributed by atoms with Crippen LogP contribution in [0.5, 0.6) is 0 Å². The first-order chi connectivity index (χ1) is 14.5. The third kappa shape index (κ3) is 5.09. The molecule has 1 saturated heterocycles. The molecule has 0 bridgehead atoms. The molecule has 3 heteroatoms. The second kappa shape index (κ2) is 10.1. The molecule has 0 amide bonds. The van der Waals surface area contributed by atoms with Crippen LogP contribution in [0.15, 0.2) is 12.1 Å². The Morgan fingerprint density at radius 1 is 0.800 bits per heavy atom. The van der Waals surface area contributed by atoms with Crippen LogP contribution in [0.3, 0.4) is 0 Å². The minimum Gasteiger partial charge on any atom is -0.378 e. The highest BCUT2D eigenvalue weighted by molar-refractivity contribution is 5.28. The van der Waals surface area contributed by atoms with E-state index in [-0.39, 0.29) is 5.56 Å². The van der Waals surface area contributed by atoms with Crippen molar-refractivity contribution in [2.75, 3.05) is 6.61 Å². The molecule has 2 unspecified atom stereocenters. The van der Waals surface area contributed by atoms with Crippen molar-refractivity contribution in [1.82, 2.24) is 0 Å². The molecule has 1 nitrogen and oxygen atoms in total. The Kier molecular flexibility index (Phi) is 7.49. The summed E-state index contributed by atoms with van der Waals surface area (Å²) in [5, 5.41) is 0. The lowest BCUT2D eigenvalue weighted by Crippen LogP contribution is -2.37. The average Bonchev–Trinajstić information content (AvgIpc) is 2.78. The van der Waals surface area contributed by atoms with Crippen LogP contribution in [0.25, 0.3) is 0 Å². The van der Waals surface area contributed by atoms with Gasteiger partial charge < -0.3 is 4.74 Å². The number of hydrogen-bond donors (Lipinski definition) is 0. The summed E-state index contributed by atoms with van der Waals surface area (Å²) < 4.78 is 34.3. The maximum atomic E-state index is 14.0. The average molecular weight is 419 g/mol. The highest BCUT2D eigenvalue weighted by Crippen LogP contribution is 2.43. The van der Waals surface area contributed by atoms with Crippen molar-refractivity contribution in [2.45, 2.75) is 103 Å². The van der Waals surface area contributed by atoms with Gasteiger partial charge in [-0.3, -0.25) is 0 Å². The van der Waals surface area contributed by atoms with E-state index in [1.54, 1.807) is 12.1 Å². The molecular formula is C27H40F2O. The minimum absolute atomic E-state index is 0.136. The minimum atomic E-state index is -0.405. The third-order valence-corrected chi connectivity index (χ3v) is 8.67. The molecular weight excluding hydrogens is 378 g/mol. The van der Waals surface area contributed by atoms with Gasteiger partial charge in [0.1, 0.15) is 11.6 Å². The van der Waals surface area contributed by atoms with E-state index in [1.807, 2.05) is 0 Å². The van der Waals surface area contributed by atoms with Crippen molar-refractivity contribution in [3.05, 3.63) is 34.9 Å². The van der Waals surface area contributed by atoms with Gasteiger partial charge in [0.15, 0.2) is 0 Å². The van der Waals surface area contributed by atoms with E-state index in [4.69, 9.17) is 4.74 Å². The van der Waals surface area contributed by atoms with E-state index in [0.29, 0.717) is 17.9 Å². The van der Waals surface area contributed by atoms with E-state index in [1.165, 1.54) is 58.3 Å². The summed E-state index contributed by atoms with van der Waals surface area (Å²) >= 11 is 0. The highest BCUT2D eigenvalue weighted by Gasteiger charge is 2.35. The number of rotatable bonds is 5. The third-order valence-electron chi connectivity index (χ3n) is 8.67. The maximum Gasteiger partial charge on any atom is 0.129 e. The molecule has 2 atom stereocenters. The number of benzene rings is 1. The van der Waals surface area contributed by atoms with Crippen LogP contribution < -0.4 is 0 Å². The molecule has 0 N–H and O–H groups in total. The van der Waals surface area contributed by atoms with E-state index in [0.717, 1.165) is 55.6 Å². The van der Waals surface area contributed by atoms with E-state index in [2.05, 4.69) is 6.92 Å². The molecule has 1 aromatic rings. The largest absolute Gasteiger partial charge is 0.378 e. The Morgan fingerprint density at radius 2 is 1.40 bits per heavy atom. The quantitative estimate of drug-likeness (QED) is 0.471. The molecule has 3 fully saturated rings. The summed E-state index contributed by atoms with van der Waals surface area (Å²) in [6.45, 7) is 4.78. The molecule has 2 aliphatic carbocycles. The summed E-state index contributed by atoms with van der Waals surface area (Å²) in [6, 6.07) is 3.11. The smallest absolute Gasteiger partial charge is 0.129 e. The second-order valence-electron chi connectivity index (χ2n) is 10.5. The van der Waals surface area contributed by atoms with Crippen LogP contribution in [0, 0.1) is 42.2 Å². The molecule has 30 heavy (non-hydrogen) atoms. The molecule has 2 saturated carbocycles. The Labute approximate surface area is 182 Å². The van der Waals surface area contributed by atoms with Crippen molar-refractivity contribution < 1.29 is 13.5 Å². The number of hydrogen-bond acceptors (Lipinski definition) is 1. The van der Waals surface area contributed by atoms with Crippen molar-refractivity contribution in [2.24, 2.45) is 23.7 Å². The Morgan fingerprint density at radius 3 is 1.97 bits per heavy atom. The Balaban J connectivity index is 1.22. The molecule has 1 aliphatic heterocycles. The summed E-state index contributed by atoms with van der Waals surface area (Å²) in [5.41, 5.74) is 0.980. The standard InChI is InChI=1S/C27H40F2O/c1-3-4-19-5-7-20(8-6-19)23-13-14-27(30-17-23)22-11-9-21(10-12-22)24-15-25(28)18(2)26(29)16-24/h15-16,19-23,27H,3-14,17H2,1-2H3. The molecule has 168 valence electrons. The summed E-state index contributed by atoms with van der Waals surface area (Å²) in [4.78, 5) is 0. The van der Waals surface area contributed by atoms with Crippen LogP contribution in [0.4, 0.5) is 8.78 Å². The summed E-state index contributed by atoms with van der Waals surface area (Å²) in [6.07, 6.45) is 15.7. The molecule has 0 spiro atoms. The van der Waals surface area contributed by atoms with Gasteiger partial charge >= 0.3 is 0 Å². The fraction of sp³-hybridized carbons (Fsp3) is 0.778. The van der Waals surface area contributed by atoms with Crippen LogP contribution in [-0.2, 0) is 4.74 Å². The molecule has 1 aromatic carbocycles. The molecule has 0 radical (unpaired) electrons. The van der Waals surface area contributed by atoms with Crippen LogP contribution in [0.2, 0.25) is 0 Å². The topological polar surface area (TPSA) is 9.23 Å². The molecule has 1 heterocycles. The van der Waals surface area contributed by atoms with Crippen molar-refractivity contribution in [3.8, 4) is 0 Å². The highest BCUT2D eigenvalue weighted by atomic mass is 19.1. The van der Waals surface area contributed by atoms with Crippen molar-refractivity contribution in [1.29, 1.82) is 0 Å². The van der Waals surface area contributed by atoms with Crippen molar-refractivity contribution >= 4 is 0 Å². The van der Waals surface area contributed by atoms with Gasteiger partial charge in [-0.15, -0.1) is 0 Å². The summed E-state index contributed by atoms with van der Waals surface area (Å²) in [7, 11) is 0. The van der Waals surface area contributed by atoms with E-state index < -0.39 is 11.6 Å². The molecule has 4 rings (SSSR count). The lowest BCUT2D eigenvalue weighted by Gasteiger charge is -2.41. The predicted molar refractivity (Wildman–Crippen MR) is 119 cm³/mol. The zero-order valence-corrected chi connectivity index (χ0v) is 19.0. The van der Waals surface area contributed by atoms with Gasteiger partial charge in [-0.05, 0) is 106 Å². The van der Waals surface area contributed by atoms with Crippen LogP contribution >= 0.6 is 0 Å². The summed E-state index contributed by atoms with van der Waals surface area (Å²) in [5.74, 6) is 2.76. The lowest BCUT2D eigenvalue weighted by molar-refractivity contribution is -0.0724. The first-order valence-corrected chi connectivity index (χ1v) is 12.6. The van der Waals surface area contributed by atoms with Gasteiger partial charge in [0.05, 0.1) is 12.7 Å². The normalized spacial score (nSPS) is 35.3. The van der Waals surface area contributed by atoms with E-state index >= 15 is 0 Å². The van der Waals surface area contributed by atoms with Crippen LogP contribution in [0.1, 0.15) is 101 Å². The van der Waals surface area contributed by atoms with Crippen molar-refractivity contribution in [3.63, 3.8) is 0 Å². The fourth-order valence-corrected chi connectivity index (χ4v) is 6.62. The predicted octanol–water partition coefficient (Wildman–Crippen LogP) is 7.95. The second-order valence-corrected chi connectivity index (χ2v) is 10.5. The molecule has 3 aliphatic rings. The number of halogens is 2. The van der Waals surface area contributed by atoms with Gasteiger partial charge in [0.2, 0.25) is 0 Å². The van der Waals surface area contributed by atoms with Crippen LogP contribution in [-0.4, -0.2) is 12.7 Å². The lowest BCUT2D eigenvalue weighted by atomic mass is 9.71. The van der Waals surface area contributed by atoms with Gasteiger partial charge in [0, 0.05) is 5.56 Å². The van der Waals surface area contributed by atoms with Gasteiger partial charge in [-0.25, -0.2) is 8.78 Å². The Hall–Kier alpha value is -0.960. The SMILES string of the molecule is CCCC1CCC(C2CCC(C3CCC(c4cc(F)c(C)c(F)c4)CC3)OC2)CC1. The van der Waals surface area contributed by atoms with Gasteiger partial charge in [0.25, 0.3) is 0 Å². The monoisotopic (exact) mass is 418 g/mol. The maximum absolute atomic E-state index is 14.0. The zero-order valence-electron chi connectivity index (χ0n) is 19.0. The first-order valence-electron chi connectivity index (χ1n) is 12.6. The zero-order chi connectivity index (χ0) is 21.1. The van der Waals surface area contributed by atoms with Gasteiger partial charge in [-0.2, -0.15) is 0 Å². The van der Waals surface area contributed by atoms with E-state index in [9.17, 15) is 8.78 Å². The number of ether oxygens (including phenoxy) is 1. The Bertz CT molecular complexity index is 655. The van der Waals surface area contributed by atoms with Gasteiger partial charge in [-0.1, -0.05) is 32.6 Å².